The average molecular weight is 356 g/mol. The number of imidazole rings is 1. The molecule has 0 amide bonds. The largest absolute Gasteiger partial charge is 0.355 e. The normalized spacial score (nSPS) is 15.4. The molecule has 1 aliphatic rings. The Morgan fingerprint density at radius 3 is 2.90 bits per heavy atom. The molecule has 3 rings (SSSR count). The van der Waals surface area contributed by atoms with Gasteiger partial charge in [0.25, 0.3) is 0 Å². The predicted octanol–water partition coefficient (Wildman–Crippen LogP) is 3.39. The SMILES string of the molecule is CCc1nccn1CC1CN(c2ncc(Br)cc2Cl)C1. The highest BCUT2D eigenvalue weighted by atomic mass is 79.9. The molecular weight excluding hydrogens is 340 g/mol. The molecule has 1 aliphatic heterocycles. The fraction of sp³-hybridized carbons (Fsp3) is 0.429. The van der Waals surface area contributed by atoms with Crippen LogP contribution in [0.4, 0.5) is 5.82 Å². The van der Waals surface area contributed by atoms with Crippen molar-refractivity contribution in [2.24, 2.45) is 5.92 Å². The second-order valence-corrected chi connectivity index (χ2v) is 6.40. The van der Waals surface area contributed by atoms with Gasteiger partial charge in [0.05, 0.1) is 5.02 Å². The Morgan fingerprint density at radius 1 is 1.40 bits per heavy atom. The van der Waals surface area contributed by atoms with E-state index in [0.717, 1.165) is 42.2 Å². The quantitative estimate of drug-likeness (QED) is 0.843. The van der Waals surface area contributed by atoms with Gasteiger partial charge in [-0.25, -0.2) is 9.97 Å². The monoisotopic (exact) mass is 354 g/mol. The third-order valence-corrected chi connectivity index (χ3v) is 4.33. The van der Waals surface area contributed by atoms with Gasteiger partial charge < -0.3 is 9.47 Å². The van der Waals surface area contributed by atoms with Crippen molar-refractivity contribution >= 4 is 33.3 Å². The number of halogens is 2. The second kappa shape index (κ2) is 5.74. The molecule has 4 nitrogen and oxygen atoms in total. The van der Waals surface area contributed by atoms with Crippen molar-refractivity contribution < 1.29 is 0 Å². The van der Waals surface area contributed by atoms with E-state index in [4.69, 9.17) is 11.6 Å². The first-order valence-corrected chi connectivity index (χ1v) is 7.90. The third kappa shape index (κ3) is 2.69. The van der Waals surface area contributed by atoms with Crippen molar-refractivity contribution in [2.75, 3.05) is 18.0 Å². The second-order valence-electron chi connectivity index (χ2n) is 5.08. The smallest absolute Gasteiger partial charge is 0.147 e. The average Bonchev–Trinajstić information content (AvgIpc) is 2.81. The molecule has 0 aromatic carbocycles. The first-order chi connectivity index (χ1) is 9.67. The molecule has 2 aromatic rings. The number of aromatic nitrogens is 3. The first-order valence-electron chi connectivity index (χ1n) is 6.73. The molecule has 0 spiro atoms. The molecule has 0 radical (unpaired) electrons. The lowest BCUT2D eigenvalue weighted by molar-refractivity contribution is 0.351. The van der Waals surface area contributed by atoms with Crippen LogP contribution in [-0.4, -0.2) is 27.6 Å². The Bertz CT molecular complexity index is 607. The molecule has 1 fully saturated rings. The molecule has 0 N–H and O–H groups in total. The molecule has 3 heterocycles. The van der Waals surface area contributed by atoms with Crippen molar-refractivity contribution in [2.45, 2.75) is 19.9 Å². The number of aryl methyl sites for hydroxylation is 1. The maximum Gasteiger partial charge on any atom is 0.147 e. The zero-order valence-electron chi connectivity index (χ0n) is 11.3. The standard InChI is InChI=1S/C14H16BrClN4/c1-2-13-17-3-4-19(13)7-10-8-20(9-10)14-12(16)5-11(15)6-18-14/h3-6,10H,2,7-9H2,1H3. The summed E-state index contributed by atoms with van der Waals surface area (Å²) >= 11 is 9.60. The molecular formula is C14H16BrClN4. The summed E-state index contributed by atoms with van der Waals surface area (Å²) in [6, 6.07) is 1.89. The molecule has 20 heavy (non-hydrogen) atoms. The Balaban J connectivity index is 1.61. The van der Waals surface area contributed by atoms with Gasteiger partial charge in [-0.3, -0.25) is 0 Å². The number of hydrogen-bond donors (Lipinski definition) is 0. The van der Waals surface area contributed by atoms with E-state index in [9.17, 15) is 0 Å². The number of nitrogens with zero attached hydrogens (tertiary/aromatic N) is 4. The van der Waals surface area contributed by atoms with Gasteiger partial charge in [0.2, 0.25) is 0 Å². The van der Waals surface area contributed by atoms with E-state index in [1.54, 1.807) is 6.20 Å². The molecule has 2 aromatic heterocycles. The molecule has 6 heteroatoms. The van der Waals surface area contributed by atoms with Crippen LogP contribution in [0.15, 0.2) is 29.1 Å². The Hall–Kier alpha value is -1.07. The minimum atomic E-state index is 0.635. The first kappa shape index (κ1) is 13.9. The lowest BCUT2D eigenvalue weighted by Crippen LogP contribution is -2.49. The van der Waals surface area contributed by atoms with Crippen LogP contribution in [0.2, 0.25) is 5.02 Å². The van der Waals surface area contributed by atoms with Crippen LogP contribution < -0.4 is 4.90 Å². The van der Waals surface area contributed by atoms with E-state index in [-0.39, 0.29) is 0 Å². The zero-order valence-corrected chi connectivity index (χ0v) is 13.6. The van der Waals surface area contributed by atoms with Crippen molar-refractivity contribution in [3.8, 4) is 0 Å². The van der Waals surface area contributed by atoms with Crippen molar-refractivity contribution in [3.63, 3.8) is 0 Å². The van der Waals surface area contributed by atoms with Gasteiger partial charge in [0, 0.05) is 55.0 Å². The van der Waals surface area contributed by atoms with Crippen LogP contribution in [0.1, 0.15) is 12.7 Å². The highest BCUT2D eigenvalue weighted by Gasteiger charge is 2.29. The fourth-order valence-electron chi connectivity index (χ4n) is 2.60. The van der Waals surface area contributed by atoms with Crippen molar-refractivity contribution in [3.05, 3.63) is 40.0 Å². The summed E-state index contributed by atoms with van der Waals surface area (Å²) in [5, 5.41) is 0.703. The maximum absolute atomic E-state index is 6.23. The summed E-state index contributed by atoms with van der Waals surface area (Å²) in [7, 11) is 0. The van der Waals surface area contributed by atoms with Crippen LogP contribution in [0.5, 0.6) is 0 Å². The summed E-state index contributed by atoms with van der Waals surface area (Å²) in [4.78, 5) is 11.0. The Labute approximate surface area is 131 Å². The lowest BCUT2D eigenvalue weighted by atomic mass is 10.00. The summed E-state index contributed by atoms with van der Waals surface area (Å²) < 4.78 is 3.16. The van der Waals surface area contributed by atoms with E-state index in [1.807, 2.05) is 12.3 Å². The van der Waals surface area contributed by atoms with Gasteiger partial charge in [0.1, 0.15) is 11.6 Å². The molecule has 0 saturated carbocycles. The van der Waals surface area contributed by atoms with Crippen LogP contribution >= 0.6 is 27.5 Å². The zero-order chi connectivity index (χ0) is 14.1. The minimum Gasteiger partial charge on any atom is -0.355 e. The van der Waals surface area contributed by atoms with E-state index in [1.165, 1.54) is 0 Å². The molecule has 0 bridgehead atoms. The molecule has 0 unspecified atom stereocenters. The molecule has 0 aliphatic carbocycles. The summed E-state index contributed by atoms with van der Waals surface area (Å²) in [5.74, 6) is 2.67. The fourth-order valence-corrected chi connectivity index (χ4v) is 3.35. The van der Waals surface area contributed by atoms with Crippen LogP contribution in [0, 0.1) is 5.92 Å². The van der Waals surface area contributed by atoms with E-state index in [0.29, 0.717) is 10.9 Å². The van der Waals surface area contributed by atoms with Gasteiger partial charge in [-0.2, -0.15) is 0 Å². The van der Waals surface area contributed by atoms with E-state index >= 15 is 0 Å². The van der Waals surface area contributed by atoms with Gasteiger partial charge in [-0.05, 0) is 22.0 Å². The molecule has 1 saturated heterocycles. The number of anilines is 1. The van der Waals surface area contributed by atoms with Crippen LogP contribution in [0.25, 0.3) is 0 Å². The number of rotatable bonds is 4. The van der Waals surface area contributed by atoms with Crippen LogP contribution in [0.3, 0.4) is 0 Å². The Kier molecular flexibility index (Phi) is 3.98. The highest BCUT2D eigenvalue weighted by Crippen LogP contribution is 2.31. The van der Waals surface area contributed by atoms with E-state index in [2.05, 4.69) is 48.5 Å². The lowest BCUT2D eigenvalue weighted by Gasteiger charge is -2.40. The number of hydrogen-bond acceptors (Lipinski definition) is 3. The Morgan fingerprint density at radius 2 is 2.20 bits per heavy atom. The topological polar surface area (TPSA) is 34.0 Å². The summed E-state index contributed by atoms with van der Waals surface area (Å²) in [6.45, 7) is 5.15. The third-order valence-electron chi connectivity index (χ3n) is 3.62. The van der Waals surface area contributed by atoms with Gasteiger partial charge in [0.15, 0.2) is 0 Å². The van der Waals surface area contributed by atoms with Crippen molar-refractivity contribution in [1.29, 1.82) is 0 Å². The van der Waals surface area contributed by atoms with Crippen molar-refractivity contribution in [1.82, 2.24) is 14.5 Å². The number of pyridine rings is 1. The highest BCUT2D eigenvalue weighted by molar-refractivity contribution is 9.10. The van der Waals surface area contributed by atoms with Crippen LogP contribution in [-0.2, 0) is 13.0 Å². The molecule has 0 atom stereocenters. The minimum absolute atomic E-state index is 0.635. The summed E-state index contributed by atoms with van der Waals surface area (Å²) in [5.41, 5.74) is 0. The predicted molar refractivity (Wildman–Crippen MR) is 84.3 cm³/mol. The maximum atomic E-state index is 6.23. The van der Waals surface area contributed by atoms with Gasteiger partial charge >= 0.3 is 0 Å². The van der Waals surface area contributed by atoms with Gasteiger partial charge in [-0.15, -0.1) is 0 Å². The molecule has 106 valence electrons. The van der Waals surface area contributed by atoms with E-state index < -0.39 is 0 Å². The van der Waals surface area contributed by atoms with Gasteiger partial charge in [-0.1, -0.05) is 18.5 Å². The summed E-state index contributed by atoms with van der Waals surface area (Å²) in [6.07, 6.45) is 6.71.